The van der Waals surface area contributed by atoms with Gasteiger partial charge in [-0.25, -0.2) is 0 Å². The molecular formula is C11H20O. The molecule has 0 heterocycles. The fraction of sp³-hybridized carbons (Fsp3) is 0.909. The Morgan fingerprint density at radius 2 is 2.42 bits per heavy atom. The third kappa shape index (κ3) is 3.38. The highest BCUT2D eigenvalue weighted by molar-refractivity contribution is 5.78. The lowest BCUT2D eigenvalue weighted by Crippen LogP contribution is -2.13. The largest absolute Gasteiger partial charge is 0.300 e. The van der Waals surface area contributed by atoms with Crippen molar-refractivity contribution in [2.75, 3.05) is 0 Å². The van der Waals surface area contributed by atoms with Crippen LogP contribution >= 0.6 is 0 Å². The first-order valence-corrected chi connectivity index (χ1v) is 4.87. The van der Waals surface area contributed by atoms with Crippen LogP contribution in [0, 0.1) is 5.92 Å². The quantitative estimate of drug-likeness (QED) is 0.594. The van der Waals surface area contributed by atoms with Crippen LogP contribution in [0.4, 0.5) is 0 Å². The lowest BCUT2D eigenvalue weighted by molar-refractivity contribution is -0.121. The van der Waals surface area contributed by atoms with Crippen LogP contribution in [0.3, 0.4) is 0 Å². The van der Waals surface area contributed by atoms with E-state index in [-0.39, 0.29) is 12.3 Å². The Morgan fingerprint density at radius 1 is 1.58 bits per heavy atom. The van der Waals surface area contributed by atoms with E-state index < -0.39 is 18.5 Å². The van der Waals surface area contributed by atoms with E-state index in [4.69, 9.17) is 5.48 Å². The summed E-state index contributed by atoms with van der Waals surface area (Å²) >= 11 is 0. The summed E-state index contributed by atoms with van der Waals surface area (Å²) in [5, 5.41) is 0. The molecule has 0 N–H and O–H groups in total. The van der Waals surface area contributed by atoms with E-state index in [2.05, 4.69) is 6.92 Å². The van der Waals surface area contributed by atoms with Crippen molar-refractivity contribution in [3.63, 3.8) is 0 Å². The van der Waals surface area contributed by atoms with E-state index in [1.807, 2.05) is 0 Å². The maximum Gasteiger partial charge on any atom is 0.132 e. The topological polar surface area (TPSA) is 17.1 Å². The van der Waals surface area contributed by atoms with E-state index >= 15 is 0 Å². The molecule has 1 heteroatoms. The standard InChI is InChI=1S/C11H20O/c1-2-3-4-5-10-6-8-11(12)9-7-10/h10H,2-9H2,1H3/i6D2,8D2. The molecule has 1 nitrogen and oxygen atoms in total. The maximum absolute atomic E-state index is 11.4. The fourth-order valence-corrected chi connectivity index (χ4v) is 1.48. The van der Waals surface area contributed by atoms with Crippen LogP contribution in [0.15, 0.2) is 0 Å². The van der Waals surface area contributed by atoms with Crippen molar-refractivity contribution in [2.24, 2.45) is 5.92 Å². The number of hydrogen-bond acceptors (Lipinski definition) is 1. The molecule has 0 aromatic carbocycles. The van der Waals surface area contributed by atoms with Gasteiger partial charge in [0.25, 0.3) is 0 Å². The van der Waals surface area contributed by atoms with E-state index in [1.165, 1.54) is 0 Å². The van der Waals surface area contributed by atoms with Gasteiger partial charge in [0.05, 0.1) is 0 Å². The molecular weight excluding hydrogens is 148 g/mol. The lowest BCUT2D eigenvalue weighted by atomic mass is 9.85. The Kier molecular flexibility index (Phi) is 2.41. The van der Waals surface area contributed by atoms with Crippen molar-refractivity contribution in [3.8, 4) is 0 Å². The first kappa shape index (κ1) is 5.41. The summed E-state index contributed by atoms with van der Waals surface area (Å²) < 4.78 is 30.8. The minimum atomic E-state index is -2.30. The predicted octanol–water partition coefficient (Wildman–Crippen LogP) is 3.33. The Hall–Kier alpha value is -0.330. The average Bonchev–Trinajstić information content (AvgIpc) is 2.20. The summed E-state index contributed by atoms with van der Waals surface area (Å²) in [5.41, 5.74) is 0. The Labute approximate surface area is 81.2 Å². The molecule has 1 aliphatic carbocycles. The third-order valence-electron chi connectivity index (χ3n) is 2.29. The number of ketones is 1. The van der Waals surface area contributed by atoms with Crippen LogP contribution in [-0.4, -0.2) is 5.78 Å². The first-order valence-electron chi connectivity index (χ1n) is 6.87. The number of carbonyl (C=O) groups excluding carboxylic acids is 1. The minimum absolute atomic E-state index is 0.184. The van der Waals surface area contributed by atoms with Crippen molar-refractivity contribution in [1.29, 1.82) is 0 Å². The zero-order chi connectivity index (χ0) is 12.4. The molecule has 0 bridgehead atoms. The summed E-state index contributed by atoms with van der Waals surface area (Å²) in [6.07, 6.45) is 0.0974. The fourth-order valence-electron chi connectivity index (χ4n) is 1.48. The molecule has 0 aromatic heterocycles. The average molecular weight is 172 g/mol. The summed E-state index contributed by atoms with van der Waals surface area (Å²) in [6.45, 7) is 2.08. The van der Waals surface area contributed by atoms with E-state index in [9.17, 15) is 4.79 Å². The van der Waals surface area contributed by atoms with Crippen LogP contribution in [0.1, 0.15) is 63.7 Å². The van der Waals surface area contributed by atoms with Gasteiger partial charge in [0.1, 0.15) is 5.78 Å². The smallest absolute Gasteiger partial charge is 0.132 e. The molecule has 0 amide bonds. The molecule has 0 saturated heterocycles. The number of carbonyl (C=O) groups is 1. The van der Waals surface area contributed by atoms with E-state index in [0.29, 0.717) is 12.8 Å². The SMILES string of the molecule is [2H]C1([2H])C(=O)CCC(CCCCC)C1([2H])[2H]. The number of Topliss-reactive ketones (excluding diaryl/α,β-unsaturated/α-hetero) is 1. The summed E-state index contributed by atoms with van der Waals surface area (Å²) in [7, 11) is 0. The minimum Gasteiger partial charge on any atom is -0.300 e. The second-order valence-electron chi connectivity index (χ2n) is 3.42. The van der Waals surface area contributed by atoms with Gasteiger partial charge in [-0.2, -0.15) is 0 Å². The van der Waals surface area contributed by atoms with Gasteiger partial charge in [0, 0.05) is 18.3 Å². The van der Waals surface area contributed by atoms with Gasteiger partial charge >= 0.3 is 0 Å². The zero-order valence-electron chi connectivity index (χ0n) is 11.7. The third-order valence-corrected chi connectivity index (χ3v) is 2.29. The molecule has 1 fully saturated rings. The molecule has 0 radical (unpaired) electrons. The summed E-state index contributed by atoms with van der Waals surface area (Å²) in [6, 6.07) is 0. The van der Waals surface area contributed by atoms with Gasteiger partial charge in [-0.1, -0.05) is 32.6 Å². The Balaban J connectivity index is 2.69. The molecule has 0 spiro atoms. The Bertz CT molecular complexity index is 263. The molecule has 1 atom stereocenters. The zero-order valence-corrected chi connectivity index (χ0v) is 7.73. The van der Waals surface area contributed by atoms with E-state index in [1.54, 1.807) is 0 Å². The molecule has 1 rings (SSSR count). The van der Waals surface area contributed by atoms with Crippen molar-refractivity contribution in [1.82, 2.24) is 0 Å². The van der Waals surface area contributed by atoms with Gasteiger partial charge < -0.3 is 0 Å². The number of unbranched alkanes of at least 4 members (excludes halogenated alkanes) is 2. The number of rotatable bonds is 4. The normalized spacial score (nSPS) is 37.8. The van der Waals surface area contributed by atoms with Gasteiger partial charge in [0.2, 0.25) is 0 Å². The van der Waals surface area contributed by atoms with Crippen LogP contribution in [0.2, 0.25) is 0 Å². The molecule has 0 aromatic rings. The highest BCUT2D eigenvalue weighted by Crippen LogP contribution is 2.26. The highest BCUT2D eigenvalue weighted by Gasteiger charge is 2.17. The van der Waals surface area contributed by atoms with Crippen LogP contribution in [0.25, 0.3) is 0 Å². The molecule has 1 saturated carbocycles. The molecule has 70 valence electrons. The van der Waals surface area contributed by atoms with Gasteiger partial charge in [-0.15, -0.1) is 0 Å². The highest BCUT2D eigenvalue weighted by atomic mass is 16.1. The van der Waals surface area contributed by atoms with Crippen molar-refractivity contribution in [3.05, 3.63) is 0 Å². The number of hydrogen-bond donors (Lipinski definition) is 0. The van der Waals surface area contributed by atoms with Crippen molar-refractivity contribution < 1.29 is 10.3 Å². The van der Waals surface area contributed by atoms with Gasteiger partial charge in [-0.05, 0) is 18.7 Å². The molecule has 0 aliphatic heterocycles. The maximum atomic E-state index is 11.4. The lowest BCUT2D eigenvalue weighted by Gasteiger charge is -2.20. The van der Waals surface area contributed by atoms with Crippen LogP contribution in [0.5, 0.6) is 0 Å². The second-order valence-corrected chi connectivity index (χ2v) is 3.42. The van der Waals surface area contributed by atoms with E-state index in [0.717, 1.165) is 19.3 Å². The van der Waals surface area contributed by atoms with Crippen LogP contribution < -0.4 is 0 Å². The van der Waals surface area contributed by atoms with Crippen molar-refractivity contribution >= 4 is 5.78 Å². The molecule has 1 aliphatic rings. The van der Waals surface area contributed by atoms with Gasteiger partial charge in [0.15, 0.2) is 0 Å². The first-order chi connectivity index (χ1) is 7.34. The summed E-state index contributed by atoms with van der Waals surface area (Å²) in [5.74, 6) is -0.893. The molecule has 12 heavy (non-hydrogen) atoms. The van der Waals surface area contributed by atoms with Crippen LogP contribution in [-0.2, 0) is 4.79 Å². The summed E-state index contributed by atoms with van der Waals surface area (Å²) in [4.78, 5) is 11.4. The van der Waals surface area contributed by atoms with Gasteiger partial charge in [-0.3, -0.25) is 4.79 Å². The van der Waals surface area contributed by atoms with Crippen molar-refractivity contribution in [2.45, 2.75) is 58.2 Å². The molecule has 1 unspecified atom stereocenters. The second kappa shape index (κ2) is 5.34. The Morgan fingerprint density at radius 3 is 3.17 bits per heavy atom. The monoisotopic (exact) mass is 172 g/mol. The predicted molar refractivity (Wildman–Crippen MR) is 51.1 cm³/mol.